The van der Waals surface area contributed by atoms with E-state index in [2.05, 4.69) is 22.6 Å². The predicted molar refractivity (Wildman–Crippen MR) is 59.7 cm³/mol. The molecular weight excluding hydrogens is 188 g/mol. The van der Waals surface area contributed by atoms with E-state index >= 15 is 0 Å². The monoisotopic (exact) mass is 208 g/mol. The molecule has 0 amide bonds. The van der Waals surface area contributed by atoms with Gasteiger partial charge in [0, 0.05) is 19.0 Å². The first-order valence-electron chi connectivity index (χ1n) is 5.89. The molecule has 1 aliphatic rings. The van der Waals surface area contributed by atoms with Crippen LogP contribution in [0.25, 0.3) is 0 Å². The van der Waals surface area contributed by atoms with Crippen molar-refractivity contribution in [3.8, 4) is 0 Å². The molecule has 1 saturated carbocycles. The Balaban J connectivity index is 1.90. The second kappa shape index (κ2) is 4.75. The van der Waals surface area contributed by atoms with Gasteiger partial charge in [0.1, 0.15) is 0 Å². The molecule has 1 heterocycles. The van der Waals surface area contributed by atoms with Crippen molar-refractivity contribution < 1.29 is 0 Å². The van der Waals surface area contributed by atoms with E-state index in [-0.39, 0.29) is 0 Å². The molecule has 4 heteroatoms. The van der Waals surface area contributed by atoms with E-state index < -0.39 is 0 Å². The highest BCUT2D eigenvalue weighted by Gasteiger charge is 2.27. The topological polar surface area (TPSA) is 42.7 Å². The van der Waals surface area contributed by atoms with Gasteiger partial charge in [0.15, 0.2) is 0 Å². The summed E-state index contributed by atoms with van der Waals surface area (Å²) in [5.41, 5.74) is 1.29. The normalized spacial score (nSPS) is 26.0. The van der Waals surface area contributed by atoms with Crippen molar-refractivity contribution >= 4 is 0 Å². The summed E-state index contributed by atoms with van der Waals surface area (Å²) < 4.78 is 1.91. The van der Waals surface area contributed by atoms with Gasteiger partial charge in [-0.15, -0.1) is 5.10 Å². The van der Waals surface area contributed by atoms with E-state index in [9.17, 15) is 0 Å². The van der Waals surface area contributed by atoms with E-state index in [0.29, 0.717) is 12.0 Å². The van der Waals surface area contributed by atoms with Crippen molar-refractivity contribution in [3.05, 3.63) is 11.9 Å². The van der Waals surface area contributed by atoms with Crippen LogP contribution < -0.4 is 5.32 Å². The molecule has 1 N–H and O–H groups in total. The van der Waals surface area contributed by atoms with Crippen LogP contribution in [0.1, 0.15) is 44.2 Å². The largest absolute Gasteiger partial charge is 0.314 e. The minimum Gasteiger partial charge on any atom is -0.314 e. The number of nitrogens with one attached hydrogen (secondary N) is 1. The van der Waals surface area contributed by atoms with E-state index in [4.69, 9.17) is 0 Å². The molecule has 4 nitrogen and oxygen atoms in total. The summed E-state index contributed by atoms with van der Waals surface area (Å²) in [5.74, 6) is 0.652. The first-order valence-corrected chi connectivity index (χ1v) is 5.89. The molecule has 0 saturated heterocycles. The molecule has 1 aromatic rings. The fraction of sp³-hybridized carbons (Fsp3) is 0.818. The third-order valence-corrected chi connectivity index (χ3v) is 3.28. The van der Waals surface area contributed by atoms with Crippen LogP contribution in [0.3, 0.4) is 0 Å². The van der Waals surface area contributed by atoms with Gasteiger partial charge in [-0.2, -0.15) is 0 Å². The molecule has 0 spiro atoms. The Hall–Kier alpha value is -0.900. The fourth-order valence-electron chi connectivity index (χ4n) is 2.45. The molecule has 15 heavy (non-hydrogen) atoms. The molecule has 0 aliphatic heterocycles. The Bertz CT molecular complexity index is 307. The van der Waals surface area contributed by atoms with E-state index in [1.807, 2.05) is 17.9 Å². The Kier molecular flexibility index (Phi) is 3.36. The van der Waals surface area contributed by atoms with Gasteiger partial charge in [-0.1, -0.05) is 12.1 Å². The van der Waals surface area contributed by atoms with Crippen molar-refractivity contribution in [2.75, 3.05) is 6.54 Å². The van der Waals surface area contributed by atoms with Gasteiger partial charge in [-0.05, 0) is 32.2 Å². The maximum absolute atomic E-state index is 3.99. The molecule has 2 rings (SSSR count). The van der Waals surface area contributed by atoms with Crippen molar-refractivity contribution in [1.29, 1.82) is 0 Å². The number of hydrogen-bond donors (Lipinski definition) is 1. The minimum absolute atomic E-state index is 0.652. The Morgan fingerprint density at radius 3 is 3.07 bits per heavy atom. The van der Waals surface area contributed by atoms with E-state index in [0.717, 1.165) is 6.54 Å². The zero-order valence-electron chi connectivity index (χ0n) is 9.61. The molecule has 2 atom stereocenters. The smallest absolute Gasteiger partial charge is 0.0727 e. The second-order valence-corrected chi connectivity index (χ2v) is 4.44. The molecule has 0 radical (unpaired) electrons. The second-order valence-electron chi connectivity index (χ2n) is 4.44. The Morgan fingerprint density at radius 2 is 2.40 bits per heavy atom. The zero-order valence-corrected chi connectivity index (χ0v) is 9.61. The summed E-state index contributed by atoms with van der Waals surface area (Å²) in [6, 6.07) is 0.699. The van der Waals surface area contributed by atoms with Gasteiger partial charge >= 0.3 is 0 Å². The van der Waals surface area contributed by atoms with Crippen LogP contribution in [0.15, 0.2) is 6.20 Å². The number of nitrogens with zero attached hydrogens (tertiary/aromatic N) is 3. The standard InChI is InChI=1S/C11H20N4/c1-3-6-12-10-5-4-9(7-10)11-8-13-14-15(11)2/h8-10,12H,3-7H2,1-2H3. The van der Waals surface area contributed by atoms with Crippen LogP contribution in [-0.2, 0) is 7.05 Å². The summed E-state index contributed by atoms with van der Waals surface area (Å²) in [5, 5.41) is 11.5. The lowest BCUT2D eigenvalue weighted by Crippen LogP contribution is -2.26. The molecular formula is C11H20N4. The van der Waals surface area contributed by atoms with Crippen LogP contribution in [-0.4, -0.2) is 27.6 Å². The average Bonchev–Trinajstić information content (AvgIpc) is 2.83. The highest BCUT2D eigenvalue weighted by Crippen LogP contribution is 2.33. The summed E-state index contributed by atoms with van der Waals surface area (Å²) >= 11 is 0. The van der Waals surface area contributed by atoms with E-state index in [1.165, 1.54) is 31.4 Å². The highest BCUT2D eigenvalue weighted by atomic mass is 15.4. The molecule has 1 aliphatic carbocycles. The van der Waals surface area contributed by atoms with E-state index in [1.54, 1.807) is 0 Å². The first-order chi connectivity index (χ1) is 7.31. The number of aryl methyl sites for hydroxylation is 1. The lowest BCUT2D eigenvalue weighted by molar-refractivity contribution is 0.511. The molecule has 1 fully saturated rings. The lowest BCUT2D eigenvalue weighted by atomic mass is 10.0. The van der Waals surface area contributed by atoms with Crippen molar-refractivity contribution in [2.45, 2.75) is 44.6 Å². The third-order valence-electron chi connectivity index (χ3n) is 3.28. The van der Waals surface area contributed by atoms with Crippen molar-refractivity contribution in [1.82, 2.24) is 20.3 Å². The van der Waals surface area contributed by atoms with Gasteiger partial charge in [0.05, 0.1) is 11.9 Å². The third kappa shape index (κ3) is 2.37. The molecule has 0 bridgehead atoms. The van der Waals surface area contributed by atoms with Crippen LogP contribution in [0.5, 0.6) is 0 Å². The highest BCUT2D eigenvalue weighted by molar-refractivity contribution is 5.07. The predicted octanol–water partition coefficient (Wildman–Crippen LogP) is 1.45. The molecule has 0 aromatic carbocycles. The Labute approximate surface area is 91.1 Å². The van der Waals surface area contributed by atoms with Gasteiger partial charge in [0.25, 0.3) is 0 Å². The van der Waals surface area contributed by atoms with Crippen molar-refractivity contribution in [2.24, 2.45) is 7.05 Å². The van der Waals surface area contributed by atoms with Crippen LogP contribution in [0.2, 0.25) is 0 Å². The summed E-state index contributed by atoms with van der Waals surface area (Å²) in [7, 11) is 1.98. The summed E-state index contributed by atoms with van der Waals surface area (Å²) in [6.45, 7) is 3.35. The number of aromatic nitrogens is 3. The Morgan fingerprint density at radius 1 is 1.53 bits per heavy atom. The average molecular weight is 208 g/mol. The molecule has 1 aromatic heterocycles. The molecule has 2 unspecified atom stereocenters. The lowest BCUT2D eigenvalue weighted by Gasteiger charge is -2.12. The number of rotatable bonds is 4. The first kappa shape index (κ1) is 10.6. The summed E-state index contributed by atoms with van der Waals surface area (Å²) in [6.07, 6.45) is 6.92. The minimum atomic E-state index is 0.652. The molecule has 84 valence electrons. The van der Waals surface area contributed by atoms with Gasteiger partial charge < -0.3 is 5.32 Å². The maximum Gasteiger partial charge on any atom is 0.0727 e. The van der Waals surface area contributed by atoms with Crippen LogP contribution in [0.4, 0.5) is 0 Å². The zero-order chi connectivity index (χ0) is 10.7. The van der Waals surface area contributed by atoms with Gasteiger partial charge in [0.2, 0.25) is 0 Å². The quantitative estimate of drug-likeness (QED) is 0.814. The number of hydrogen-bond acceptors (Lipinski definition) is 3. The van der Waals surface area contributed by atoms with Crippen LogP contribution >= 0.6 is 0 Å². The summed E-state index contributed by atoms with van der Waals surface area (Å²) in [4.78, 5) is 0. The van der Waals surface area contributed by atoms with Crippen molar-refractivity contribution in [3.63, 3.8) is 0 Å². The SMILES string of the molecule is CCCNC1CCC(c2cnnn2C)C1. The maximum atomic E-state index is 3.99. The van der Waals surface area contributed by atoms with Gasteiger partial charge in [-0.3, -0.25) is 4.68 Å². The van der Waals surface area contributed by atoms with Crippen LogP contribution in [0, 0.1) is 0 Å². The fourth-order valence-corrected chi connectivity index (χ4v) is 2.45. The van der Waals surface area contributed by atoms with Gasteiger partial charge in [-0.25, -0.2) is 0 Å².